The molecule has 6 heteroatoms. The number of hydrogen-bond donors (Lipinski definition) is 2. The number of aliphatic hydroxyl groups excluding tert-OH is 1. The second-order valence-corrected chi connectivity index (χ2v) is 5.58. The van der Waals surface area contributed by atoms with Gasteiger partial charge in [0, 0.05) is 30.5 Å². The second kappa shape index (κ2) is 7.63. The van der Waals surface area contributed by atoms with Crippen LogP contribution >= 0.6 is 0 Å². The number of aliphatic hydroxyl groups is 1. The number of aromatic nitrogens is 1. The highest BCUT2D eigenvalue weighted by Gasteiger charge is 2.17. The molecule has 0 saturated carbocycles. The third-order valence-electron chi connectivity index (χ3n) is 3.85. The van der Waals surface area contributed by atoms with E-state index in [1.807, 2.05) is 66.5 Å². The first-order chi connectivity index (χ1) is 12.2. The van der Waals surface area contributed by atoms with E-state index in [0.717, 1.165) is 11.3 Å². The molecule has 0 atom stereocenters. The van der Waals surface area contributed by atoms with Gasteiger partial charge in [-0.25, -0.2) is 0 Å². The number of rotatable bonds is 6. The lowest BCUT2D eigenvalue weighted by atomic mass is 10.1. The molecule has 0 bridgehead atoms. The Morgan fingerprint density at radius 3 is 2.56 bits per heavy atom. The number of nitrogens with zero attached hydrogens (tertiary/aromatic N) is 2. The first kappa shape index (κ1) is 16.7. The fourth-order valence-electron chi connectivity index (χ4n) is 2.48. The predicted molar refractivity (Wildman–Crippen MR) is 96.7 cm³/mol. The molecule has 128 valence electrons. The highest BCUT2D eigenvalue weighted by Crippen LogP contribution is 2.24. The summed E-state index contributed by atoms with van der Waals surface area (Å²) in [5, 5.41) is 15.6. The Bertz CT molecular complexity index is 829. The highest BCUT2D eigenvalue weighted by molar-refractivity contribution is 6.07. The largest absolute Gasteiger partial charge is 0.395 e. The Morgan fingerprint density at radius 1 is 1.16 bits per heavy atom. The van der Waals surface area contributed by atoms with Gasteiger partial charge >= 0.3 is 0 Å². The van der Waals surface area contributed by atoms with E-state index >= 15 is 0 Å². The van der Waals surface area contributed by atoms with E-state index in [2.05, 4.69) is 10.5 Å². The Labute approximate surface area is 145 Å². The molecule has 2 aromatic carbocycles. The van der Waals surface area contributed by atoms with Gasteiger partial charge < -0.3 is 19.8 Å². The fraction of sp³-hybridized carbons (Fsp3) is 0.158. The molecule has 0 aliphatic rings. The highest BCUT2D eigenvalue weighted by atomic mass is 16.5. The number of nitrogens with one attached hydrogen (secondary N) is 1. The van der Waals surface area contributed by atoms with Crippen LogP contribution in [0.1, 0.15) is 10.4 Å². The van der Waals surface area contributed by atoms with E-state index < -0.39 is 0 Å². The summed E-state index contributed by atoms with van der Waals surface area (Å²) in [5.74, 6) is 0.161. The molecule has 1 amide bonds. The molecule has 0 fully saturated rings. The number of likely N-dealkylation sites (N-methyl/N-ethyl adjacent to an activating group) is 1. The van der Waals surface area contributed by atoms with Crippen LogP contribution in [0, 0.1) is 0 Å². The first-order valence-corrected chi connectivity index (χ1v) is 7.92. The molecule has 1 heterocycles. The molecule has 2 N–H and O–H groups in total. The first-order valence-electron chi connectivity index (χ1n) is 7.92. The lowest BCUT2D eigenvalue weighted by Gasteiger charge is -2.18. The zero-order valence-corrected chi connectivity index (χ0v) is 13.8. The van der Waals surface area contributed by atoms with Crippen molar-refractivity contribution in [1.82, 2.24) is 5.16 Å². The maximum Gasteiger partial charge on any atom is 0.261 e. The van der Waals surface area contributed by atoms with E-state index in [9.17, 15) is 4.79 Å². The third-order valence-corrected chi connectivity index (χ3v) is 3.85. The van der Waals surface area contributed by atoms with Crippen LogP contribution in [0.5, 0.6) is 0 Å². The van der Waals surface area contributed by atoms with Crippen molar-refractivity contribution >= 4 is 17.3 Å². The van der Waals surface area contributed by atoms with Gasteiger partial charge in [-0.2, -0.15) is 0 Å². The van der Waals surface area contributed by atoms with Crippen molar-refractivity contribution in [3.8, 4) is 11.3 Å². The molecule has 3 aromatic rings. The molecule has 0 radical (unpaired) electrons. The summed E-state index contributed by atoms with van der Waals surface area (Å²) in [7, 11) is 1.90. The maximum absolute atomic E-state index is 12.5. The van der Waals surface area contributed by atoms with Crippen LogP contribution in [-0.4, -0.2) is 36.4 Å². The van der Waals surface area contributed by atoms with Crippen LogP contribution in [0.15, 0.2) is 65.3 Å². The quantitative estimate of drug-likeness (QED) is 0.723. The van der Waals surface area contributed by atoms with Gasteiger partial charge in [0.25, 0.3) is 5.91 Å². The average molecular weight is 337 g/mol. The van der Waals surface area contributed by atoms with Crippen LogP contribution in [0.2, 0.25) is 0 Å². The van der Waals surface area contributed by atoms with Crippen LogP contribution < -0.4 is 10.2 Å². The Morgan fingerprint density at radius 2 is 1.88 bits per heavy atom. The van der Waals surface area contributed by atoms with Gasteiger partial charge in [0.2, 0.25) is 0 Å². The Kier molecular flexibility index (Phi) is 5.11. The minimum atomic E-state index is -0.281. The van der Waals surface area contributed by atoms with E-state index in [4.69, 9.17) is 9.63 Å². The molecule has 0 spiro atoms. The third kappa shape index (κ3) is 3.87. The number of benzene rings is 2. The van der Waals surface area contributed by atoms with Gasteiger partial charge in [0.15, 0.2) is 5.76 Å². The zero-order chi connectivity index (χ0) is 17.6. The smallest absolute Gasteiger partial charge is 0.261 e. The summed E-state index contributed by atoms with van der Waals surface area (Å²) in [6, 6.07) is 16.8. The molecule has 3 rings (SSSR count). The Hall–Kier alpha value is -3.12. The number of carbonyl (C=O) groups is 1. The molecular weight excluding hydrogens is 318 g/mol. The lowest BCUT2D eigenvalue weighted by Crippen LogP contribution is -2.21. The molecule has 1 aromatic heterocycles. The van der Waals surface area contributed by atoms with Crippen molar-refractivity contribution in [2.24, 2.45) is 0 Å². The van der Waals surface area contributed by atoms with Crippen molar-refractivity contribution in [3.05, 3.63) is 66.4 Å². The number of amides is 1. The summed E-state index contributed by atoms with van der Waals surface area (Å²) in [4.78, 5) is 14.5. The molecule has 0 aliphatic carbocycles. The van der Waals surface area contributed by atoms with Crippen molar-refractivity contribution in [1.29, 1.82) is 0 Å². The number of hydrogen-bond acceptors (Lipinski definition) is 5. The van der Waals surface area contributed by atoms with Crippen LogP contribution in [0.4, 0.5) is 11.4 Å². The standard InChI is InChI=1S/C19H19N3O3/c1-22(11-12-23)16-9-7-15(8-10-16)21-19(24)17-13-20-25-18(17)14-5-3-2-4-6-14/h2-10,13,23H,11-12H2,1H3,(H,21,24). The molecule has 0 aliphatic heterocycles. The summed E-state index contributed by atoms with van der Waals surface area (Å²) in [6.07, 6.45) is 1.42. The molecule has 0 saturated heterocycles. The summed E-state index contributed by atoms with van der Waals surface area (Å²) in [5.41, 5.74) is 2.81. The van der Waals surface area contributed by atoms with Gasteiger partial charge in [-0.3, -0.25) is 4.79 Å². The minimum Gasteiger partial charge on any atom is -0.395 e. The van der Waals surface area contributed by atoms with E-state index in [1.54, 1.807) is 0 Å². The minimum absolute atomic E-state index is 0.0880. The Balaban J connectivity index is 1.74. The fourth-order valence-corrected chi connectivity index (χ4v) is 2.48. The van der Waals surface area contributed by atoms with E-state index in [1.165, 1.54) is 6.20 Å². The van der Waals surface area contributed by atoms with Crippen LogP contribution in [0.3, 0.4) is 0 Å². The van der Waals surface area contributed by atoms with Crippen molar-refractivity contribution in [2.45, 2.75) is 0 Å². The topological polar surface area (TPSA) is 78.6 Å². The average Bonchev–Trinajstić information content (AvgIpc) is 3.13. The van der Waals surface area contributed by atoms with Crippen molar-refractivity contribution in [2.75, 3.05) is 30.4 Å². The summed E-state index contributed by atoms with van der Waals surface area (Å²) >= 11 is 0. The maximum atomic E-state index is 12.5. The lowest BCUT2D eigenvalue weighted by molar-refractivity contribution is 0.102. The summed E-state index contributed by atoms with van der Waals surface area (Å²) < 4.78 is 5.25. The van der Waals surface area contributed by atoms with Crippen LogP contribution in [0.25, 0.3) is 11.3 Å². The van der Waals surface area contributed by atoms with Gasteiger partial charge in [-0.05, 0) is 24.3 Å². The predicted octanol–water partition coefficient (Wildman–Crippen LogP) is 3.02. The van der Waals surface area contributed by atoms with E-state index in [-0.39, 0.29) is 12.5 Å². The number of anilines is 2. The molecular formula is C19H19N3O3. The van der Waals surface area contributed by atoms with Gasteiger partial charge in [-0.15, -0.1) is 0 Å². The summed E-state index contributed by atoms with van der Waals surface area (Å²) in [6.45, 7) is 0.636. The van der Waals surface area contributed by atoms with Crippen LogP contribution in [-0.2, 0) is 0 Å². The second-order valence-electron chi connectivity index (χ2n) is 5.58. The van der Waals surface area contributed by atoms with Gasteiger partial charge in [0.1, 0.15) is 5.56 Å². The normalized spacial score (nSPS) is 10.5. The molecule has 6 nitrogen and oxygen atoms in total. The van der Waals surface area contributed by atoms with Crippen molar-refractivity contribution < 1.29 is 14.4 Å². The van der Waals surface area contributed by atoms with Gasteiger partial charge in [-0.1, -0.05) is 35.5 Å². The number of carbonyl (C=O) groups excluding carboxylic acids is 1. The molecule has 0 unspecified atom stereocenters. The van der Waals surface area contributed by atoms with Crippen molar-refractivity contribution in [3.63, 3.8) is 0 Å². The molecule has 25 heavy (non-hydrogen) atoms. The zero-order valence-electron chi connectivity index (χ0n) is 13.8. The van der Waals surface area contributed by atoms with E-state index in [0.29, 0.717) is 23.6 Å². The monoisotopic (exact) mass is 337 g/mol. The SMILES string of the molecule is CN(CCO)c1ccc(NC(=O)c2cnoc2-c2ccccc2)cc1. The van der Waals surface area contributed by atoms with Gasteiger partial charge in [0.05, 0.1) is 12.8 Å².